The van der Waals surface area contributed by atoms with Crippen LogP contribution in [0.25, 0.3) is 0 Å². The molecule has 4 nitrogen and oxygen atoms in total. The van der Waals surface area contributed by atoms with E-state index >= 15 is 0 Å². The van der Waals surface area contributed by atoms with E-state index in [1.807, 2.05) is 6.92 Å². The van der Waals surface area contributed by atoms with E-state index in [0.29, 0.717) is 6.54 Å². The molecule has 4 heteroatoms. The molecule has 11 heavy (non-hydrogen) atoms. The summed E-state index contributed by atoms with van der Waals surface area (Å²) >= 11 is 0. The lowest BCUT2D eigenvalue weighted by Gasteiger charge is -2.21. The van der Waals surface area contributed by atoms with Gasteiger partial charge in [-0.25, -0.2) is 0 Å². The number of carbonyl (C=O) groups is 1. The summed E-state index contributed by atoms with van der Waals surface area (Å²) in [5.74, 6) is -0.0344. The number of nitrogens with zero attached hydrogens (tertiary/aromatic N) is 1. The first-order valence-corrected chi connectivity index (χ1v) is 3.63. The first-order chi connectivity index (χ1) is 5.11. The Morgan fingerprint density at radius 3 is 2.64 bits per heavy atom. The normalized spacial score (nSPS) is 13.2. The third-order valence-corrected chi connectivity index (χ3v) is 1.69. The molecule has 0 heterocycles. The number of aliphatic hydroxyl groups excluding tert-OH is 1. The molecule has 0 aliphatic carbocycles. The lowest BCUT2D eigenvalue weighted by atomic mass is 10.3. The van der Waals surface area contributed by atoms with Gasteiger partial charge in [-0.1, -0.05) is 0 Å². The van der Waals surface area contributed by atoms with Gasteiger partial charge < -0.3 is 10.4 Å². The predicted octanol–water partition coefficient (Wildman–Crippen LogP) is -0.955. The SMILES string of the molecule is CNC(=O)CN(C)C(C)CO. The van der Waals surface area contributed by atoms with Crippen molar-refractivity contribution in [3.05, 3.63) is 0 Å². The Bertz CT molecular complexity index is 128. The minimum Gasteiger partial charge on any atom is -0.395 e. The van der Waals surface area contributed by atoms with Gasteiger partial charge in [0.1, 0.15) is 0 Å². The molecule has 0 spiro atoms. The van der Waals surface area contributed by atoms with Gasteiger partial charge in [0.15, 0.2) is 0 Å². The molecule has 0 aliphatic heterocycles. The molecule has 0 aliphatic rings. The molecule has 0 saturated carbocycles. The molecule has 2 N–H and O–H groups in total. The Morgan fingerprint density at radius 1 is 1.73 bits per heavy atom. The van der Waals surface area contributed by atoms with Crippen LogP contribution in [0.5, 0.6) is 0 Å². The second kappa shape index (κ2) is 5.09. The van der Waals surface area contributed by atoms with E-state index in [1.54, 1.807) is 19.0 Å². The summed E-state index contributed by atoms with van der Waals surface area (Å²) < 4.78 is 0. The number of amides is 1. The standard InChI is InChI=1S/C7H16N2O2/c1-6(5-10)9(3)4-7(11)8-2/h6,10H,4-5H2,1-3H3,(H,8,11). The number of aliphatic hydroxyl groups is 1. The summed E-state index contributed by atoms with van der Waals surface area (Å²) in [5, 5.41) is 11.2. The Kier molecular flexibility index (Phi) is 4.81. The number of rotatable bonds is 4. The minimum absolute atomic E-state index is 0.0344. The highest BCUT2D eigenvalue weighted by molar-refractivity contribution is 5.77. The van der Waals surface area contributed by atoms with Crippen molar-refractivity contribution in [2.45, 2.75) is 13.0 Å². The van der Waals surface area contributed by atoms with E-state index in [0.717, 1.165) is 0 Å². The smallest absolute Gasteiger partial charge is 0.233 e. The summed E-state index contributed by atoms with van der Waals surface area (Å²) in [4.78, 5) is 12.6. The van der Waals surface area contributed by atoms with Crippen molar-refractivity contribution in [1.82, 2.24) is 10.2 Å². The van der Waals surface area contributed by atoms with Gasteiger partial charge in [0.2, 0.25) is 5.91 Å². The maximum Gasteiger partial charge on any atom is 0.233 e. The van der Waals surface area contributed by atoms with Gasteiger partial charge in [-0.3, -0.25) is 9.69 Å². The molecule has 0 bridgehead atoms. The molecule has 0 rings (SSSR count). The van der Waals surface area contributed by atoms with Gasteiger partial charge in [-0.2, -0.15) is 0 Å². The van der Waals surface area contributed by atoms with E-state index in [1.165, 1.54) is 0 Å². The molecule has 66 valence electrons. The van der Waals surface area contributed by atoms with Crippen LogP contribution in [0.15, 0.2) is 0 Å². The van der Waals surface area contributed by atoms with Crippen molar-refractivity contribution in [2.75, 3.05) is 27.2 Å². The van der Waals surface area contributed by atoms with Crippen molar-refractivity contribution < 1.29 is 9.90 Å². The summed E-state index contributed by atoms with van der Waals surface area (Å²) in [5.41, 5.74) is 0. The zero-order chi connectivity index (χ0) is 8.85. The van der Waals surface area contributed by atoms with Crippen LogP contribution in [-0.4, -0.2) is 49.2 Å². The van der Waals surface area contributed by atoms with Crippen LogP contribution in [0.3, 0.4) is 0 Å². The first-order valence-electron chi connectivity index (χ1n) is 3.63. The van der Waals surface area contributed by atoms with E-state index < -0.39 is 0 Å². The first kappa shape index (κ1) is 10.4. The summed E-state index contributed by atoms with van der Waals surface area (Å²) in [7, 11) is 3.40. The van der Waals surface area contributed by atoms with Crippen LogP contribution in [0, 0.1) is 0 Å². The Hall–Kier alpha value is -0.610. The molecule has 0 saturated heterocycles. The average molecular weight is 160 g/mol. The van der Waals surface area contributed by atoms with Gasteiger partial charge in [0, 0.05) is 13.1 Å². The highest BCUT2D eigenvalue weighted by Gasteiger charge is 2.10. The fourth-order valence-electron chi connectivity index (χ4n) is 0.601. The van der Waals surface area contributed by atoms with Gasteiger partial charge in [0.25, 0.3) is 0 Å². The number of hydrogen-bond donors (Lipinski definition) is 2. The molecule has 1 amide bonds. The molecule has 0 aromatic carbocycles. The molecule has 0 aromatic heterocycles. The number of carbonyl (C=O) groups excluding carboxylic acids is 1. The Morgan fingerprint density at radius 2 is 2.27 bits per heavy atom. The highest BCUT2D eigenvalue weighted by Crippen LogP contribution is 1.91. The zero-order valence-corrected chi connectivity index (χ0v) is 7.29. The highest BCUT2D eigenvalue weighted by atomic mass is 16.3. The number of likely N-dealkylation sites (N-methyl/N-ethyl adjacent to an activating group) is 2. The summed E-state index contributed by atoms with van der Waals surface area (Å²) in [6.45, 7) is 2.27. The summed E-state index contributed by atoms with van der Waals surface area (Å²) in [6, 6.07) is 0.0345. The zero-order valence-electron chi connectivity index (χ0n) is 7.29. The largest absolute Gasteiger partial charge is 0.395 e. The maximum atomic E-state index is 10.8. The van der Waals surface area contributed by atoms with Crippen molar-refractivity contribution >= 4 is 5.91 Å². The second-order valence-corrected chi connectivity index (χ2v) is 2.62. The molecule has 1 atom stereocenters. The Labute approximate surface area is 67.2 Å². The Balaban J connectivity index is 3.67. The third kappa shape index (κ3) is 3.95. The van der Waals surface area contributed by atoms with E-state index in [2.05, 4.69) is 5.32 Å². The van der Waals surface area contributed by atoms with Crippen LogP contribution < -0.4 is 5.32 Å². The molecule has 0 aromatic rings. The van der Waals surface area contributed by atoms with Crippen LogP contribution in [-0.2, 0) is 4.79 Å². The van der Waals surface area contributed by atoms with Crippen LogP contribution in [0.2, 0.25) is 0 Å². The van der Waals surface area contributed by atoms with Crippen molar-refractivity contribution in [2.24, 2.45) is 0 Å². The van der Waals surface area contributed by atoms with E-state index in [9.17, 15) is 4.79 Å². The monoisotopic (exact) mass is 160 g/mol. The van der Waals surface area contributed by atoms with Crippen molar-refractivity contribution in [3.63, 3.8) is 0 Å². The van der Waals surface area contributed by atoms with Gasteiger partial charge in [0.05, 0.1) is 13.2 Å². The topological polar surface area (TPSA) is 52.6 Å². The molecule has 0 fully saturated rings. The predicted molar refractivity (Wildman–Crippen MR) is 43.2 cm³/mol. The third-order valence-electron chi connectivity index (χ3n) is 1.69. The fourth-order valence-corrected chi connectivity index (χ4v) is 0.601. The maximum absolute atomic E-state index is 10.8. The van der Waals surface area contributed by atoms with Gasteiger partial charge in [-0.15, -0.1) is 0 Å². The number of hydrogen-bond acceptors (Lipinski definition) is 3. The van der Waals surface area contributed by atoms with Crippen molar-refractivity contribution in [3.8, 4) is 0 Å². The van der Waals surface area contributed by atoms with E-state index in [4.69, 9.17) is 5.11 Å². The van der Waals surface area contributed by atoms with Crippen LogP contribution in [0.4, 0.5) is 0 Å². The second-order valence-electron chi connectivity index (χ2n) is 2.62. The van der Waals surface area contributed by atoms with Crippen LogP contribution >= 0.6 is 0 Å². The van der Waals surface area contributed by atoms with Crippen molar-refractivity contribution in [1.29, 1.82) is 0 Å². The lowest BCUT2D eigenvalue weighted by Crippen LogP contribution is -2.39. The summed E-state index contributed by atoms with van der Waals surface area (Å²) in [6.07, 6.45) is 0. The van der Waals surface area contributed by atoms with Crippen LogP contribution in [0.1, 0.15) is 6.92 Å². The quantitative estimate of drug-likeness (QED) is 0.557. The molecule has 1 unspecified atom stereocenters. The molecule has 0 radical (unpaired) electrons. The number of nitrogens with one attached hydrogen (secondary N) is 1. The fraction of sp³-hybridized carbons (Fsp3) is 0.857. The molecular formula is C7H16N2O2. The average Bonchev–Trinajstić information content (AvgIpc) is 2.02. The van der Waals surface area contributed by atoms with Gasteiger partial charge in [-0.05, 0) is 14.0 Å². The van der Waals surface area contributed by atoms with E-state index in [-0.39, 0.29) is 18.6 Å². The van der Waals surface area contributed by atoms with Gasteiger partial charge >= 0.3 is 0 Å². The minimum atomic E-state index is -0.0344. The molecular weight excluding hydrogens is 144 g/mol. The lowest BCUT2D eigenvalue weighted by molar-refractivity contribution is -0.122.